The zero-order valence-electron chi connectivity index (χ0n) is 9.37. The first-order valence-corrected chi connectivity index (χ1v) is 5.94. The molecule has 0 spiro atoms. The number of benzene rings is 1. The largest absolute Gasteiger partial charge is 0.319 e. The van der Waals surface area contributed by atoms with Crippen LogP contribution in [-0.2, 0) is 11.2 Å². The zero-order valence-corrected chi connectivity index (χ0v) is 10.1. The summed E-state index contributed by atoms with van der Waals surface area (Å²) in [5, 5.41) is 0.662. The molecule has 0 heterocycles. The highest BCUT2D eigenvalue weighted by molar-refractivity contribution is 6.30. The van der Waals surface area contributed by atoms with E-state index in [1.54, 1.807) is 6.07 Å². The van der Waals surface area contributed by atoms with Gasteiger partial charge in [-0.25, -0.2) is 0 Å². The first-order valence-electron chi connectivity index (χ1n) is 5.57. The van der Waals surface area contributed by atoms with E-state index in [1.165, 1.54) is 0 Å². The number of carbonyl (C=O) groups excluding carboxylic acids is 1. The van der Waals surface area contributed by atoms with E-state index >= 15 is 0 Å². The minimum Gasteiger partial charge on any atom is -0.319 e. The molecule has 2 rings (SSSR count). The molecule has 1 atom stereocenters. The fourth-order valence-corrected chi connectivity index (χ4v) is 2.15. The normalized spacial score (nSPS) is 19.2. The van der Waals surface area contributed by atoms with E-state index in [-0.39, 0.29) is 5.78 Å². The van der Waals surface area contributed by atoms with Crippen LogP contribution in [0, 0.1) is 5.92 Å². The van der Waals surface area contributed by atoms with E-state index in [4.69, 9.17) is 17.3 Å². The minimum absolute atomic E-state index is 0.109. The van der Waals surface area contributed by atoms with Gasteiger partial charge in [0.15, 0.2) is 5.78 Å². The van der Waals surface area contributed by atoms with Gasteiger partial charge in [-0.2, -0.15) is 0 Å². The Hall–Kier alpha value is -0.860. The van der Waals surface area contributed by atoms with Gasteiger partial charge in [-0.05, 0) is 43.4 Å². The summed E-state index contributed by atoms with van der Waals surface area (Å²) in [6.45, 7) is 1.84. The molecule has 1 aromatic carbocycles. The number of Topliss-reactive ketones (excluding diaryl/α,β-unsaturated/α-hetero) is 1. The lowest BCUT2D eigenvalue weighted by molar-refractivity contribution is -0.123. The maximum absolute atomic E-state index is 12.1. The Kier molecular flexibility index (Phi) is 3.04. The highest BCUT2D eigenvalue weighted by atomic mass is 35.5. The second-order valence-corrected chi connectivity index (χ2v) is 5.22. The van der Waals surface area contributed by atoms with E-state index in [0.29, 0.717) is 17.4 Å². The number of rotatable bonds is 4. The number of hydrogen-bond acceptors (Lipinski definition) is 2. The molecule has 2 N–H and O–H groups in total. The molecule has 16 heavy (non-hydrogen) atoms. The highest BCUT2D eigenvalue weighted by Crippen LogP contribution is 2.38. The maximum Gasteiger partial charge on any atom is 0.156 e. The Morgan fingerprint density at radius 1 is 1.56 bits per heavy atom. The van der Waals surface area contributed by atoms with Crippen LogP contribution in [0.5, 0.6) is 0 Å². The van der Waals surface area contributed by atoms with Gasteiger partial charge >= 0.3 is 0 Å². The van der Waals surface area contributed by atoms with Crippen molar-refractivity contribution in [3.8, 4) is 0 Å². The van der Waals surface area contributed by atoms with Crippen molar-refractivity contribution in [1.29, 1.82) is 0 Å². The standard InChI is InChI=1S/C13H16ClNO/c1-13(15,10-5-6-10)12(16)8-9-3-2-4-11(14)7-9/h2-4,7,10H,5-6,8,15H2,1H3. The summed E-state index contributed by atoms with van der Waals surface area (Å²) < 4.78 is 0. The lowest BCUT2D eigenvalue weighted by atomic mass is 9.88. The molecule has 0 bridgehead atoms. The first-order chi connectivity index (χ1) is 7.50. The van der Waals surface area contributed by atoms with Gasteiger partial charge in [0.05, 0.1) is 5.54 Å². The van der Waals surface area contributed by atoms with Gasteiger partial charge in [0.1, 0.15) is 0 Å². The van der Waals surface area contributed by atoms with Gasteiger partial charge in [0.2, 0.25) is 0 Å². The van der Waals surface area contributed by atoms with E-state index in [1.807, 2.05) is 25.1 Å². The topological polar surface area (TPSA) is 43.1 Å². The van der Waals surface area contributed by atoms with E-state index in [9.17, 15) is 4.79 Å². The van der Waals surface area contributed by atoms with Crippen LogP contribution in [0.25, 0.3) is 0 Å². The second kappa shape index (κ2) is 4.19. The average molecular weight is 238 g/mol. The van der Waals surface area contributed by atoms with Gasteiger partial charge in [0.25, 0.3) is 0 Å². The highest BCUT2D eigenvalue weighted by Gasteiger charge is 2.43. The molecule has 1 fully saturated rings. The summed E-state index contributed by atoms with van der Waals surface area (Å²) in [5.41, 5.74) is 6.34. The molecule has 1 aromatic rings. The summed E-state index contributed by atoms with van der Waals surface area (Å²) in [6.07, 6.45) is 2.53. The van der Waals surface area contributed by atoms with Crippen LogP contribution in [0.3, 0.4) is 0 Å². The molecular weight excluding hydrogens is 222 g/mol. The first kappa shape index (κ1) is 11.6. The van der Waals surface area contributed by atoms with E-state index < -0.39 is 5.54 Å². The maximum atomic E-state index is 12.1. The molecule has 86 valence electrons. The number of hydrogen-bond donors (Lipinski definition) is 1. The summed E-state index contributed by atoms with van der Waals surface area (Å²) in [6, 6.07) is 7.39. The van der Waals surface area contributed by atoms with Gasteiger partial charge in [0, 0.05) is 11.4 Å². The fraction of sp³-hybridized carbons (Fsp3) is 0.462. The molecule has 0 aliphatic heterocycles. The fourth-order valence-electron chi connectivity index (χ4n) is 1.93. The predicted molar refractivity (Wildman–Crippen MR) is 65.5 cm³/mol. The molecule has 1 aliphatic rings. The Bertz CT molecular complexity index is 410. The summed E-state index contributed by atoms with van der Waals surface area (Å²) in [4.78, 5) is 12.1. The molecule has 3 heteroatoms. The molecule has 0 amide bonds. The molecule has 0 saturated heterocycles. The van der Waals surface area contributed by atoms with Crippen molar-refractivity contribution in [3.05, 3.63) is 34.9 Å². The third-order valence-electron chi connectivity index (χ3n) is 3.28. The SMILES string of the molecule is CC(N)(C(=O)Cc1cccc(Cl)c1)C1CC1. The van der Waals surface area contributed by atoms with Crippen molar-refractivity contribution in [1.82, 2.24) is 0 Å². The Morgan fingerprint density at radius 3 is 2.81 bits per heavy atom. The smallest absolute Gasteiger partial charge is 0.156 e. The lowest BCUT2D eigenvalue weighted by Crippen LogP contribution is -2.47. The number of ketones is 1. The van der Waals surface area contributed by atoms with Crippen molar-refractivity contribution in [2.75, 3.05) is 0 Å². The van der Waals surface area contributed by atoms with Gasteiger partial charge < -0.3 is 5.73 Å². The number of halogens is 1. The summed E-state index contributed by atoms with van der Waals surface area (Å²) in [7, 11) is 0. The molecule has 1 aliphatic carbocycles. The Balaban J connectivity index is 2.07. The number of nitrogens with two attached hydrogens (primary N) is 1. The second-order valence-electron chi connectivity index (χ2n) is 4.79. The van der Waals surface area contributed by atoms with Gasteiger partial charge in [-0.3, -0.25) is 4.79 Å². The van der Waals surface area contributed by atoms with Crippen LogP contribution >= 0.6 is 11.6 Å². The monoisotopic (exact) mass is 237 g/mol. The average Bonchev–Trinajstić information content (AvgIpc) is 3.00. The quantitative estimate of drug-likeness (QED) is 0.875. The molecule has 2 nitrogen and oxygen atoms in total. The lowest BCUT2D eigenvalue weighted by Gasteiger charge is -2.22. The van der Waals surface area contributed by atoms with Crippen molar-refractivity contribution < 1.29 is 4.79 Å². The Morgan fingerprint density at radius 2 is 2.25 bits per heavy atom. The minimum atomic E-state index is -0.664. The Labute approximate surface area is 101 Å². The van der Waals surface area contributed by atoms with Crippen molar-refractivity contribution in [2.24, 2.45) is 11.7 Å². The van der Waals surface area contributed by atoms with Gasteiger partial charge in [-0.15, -0.1) is 0 Å². The third kappa shape index (κ3) is 2.45. The van der Waals surface area contributed by atoms with Crippen molar-refractivity contribution >= 4 is 17.4 Å². The van der Waals surface area contributed by atoms with Crippen LogP contribution < -0.4 is 5.73 Å². The van der Waals surface area contributed by atoms with Crippen LogP contribution in [0.1, 0.15) is 25.3 Å². The summed E-state index contributed by atoms with van der Waals surface area (Å²) >= 11 is 5.87. The molecule has 1 saturated carbocycles. The third-order valence-corrected chi connectivity index (χ3v) is 3.52. The van der Waals surface area contributed by atoms with Crippen LogP contribution in [0.15, 0.2) is 24.3 Å². The van der Waals surface area contributed by atoms with Crippen LogP contribution in [0.2, 0.25) is 5.02 Å². The van der Waals surface area contributed by atoms with E-state index in [0.717, 1.165) is 18.4 Å². The van der Waals surface area contributed by atoms with Crippen molar-refractivity contribution in [2.45, 2.75) is 31.7 Å². The molecule has 1 unspecified atom stereocenters. The van der Waals surface area contributed by atoms with Crippen LogP contribution in [0.4, 0.5) is 0 Å². The van der Waals surface area contributed by atoms with Crippen LogP contribution in [-0.4, -0.2) is 11.3 Å². The molecular formula is C13H16ClNO. The van der Waals surface area contributed by atoms with E-state index in [2.05, 4.69) is 0 Å². The zero-order chi connectivity index (χ0) is 11.8. The molecule has 0 aromatic heterocycles. The molecule has 0 radical (unpaired) electrons. The summed E-state index contributed by atoms with van der Waals surface area (Å²) in [5.74, 6) is 0.483. The number of carbonyl (C=O) groups is 1. The van der Waals surface area contributed by atoms with Gasteiger partial charge in [-0.1, -0.05) is 23.7 Å². The van der Waals surface area contributed by atoms with Crippen molar-refractivity contribution in [3.63, 3.8) is 0 Å². The predicted octanol–water partition coefficient (Wildman–Crippen LogP) is 2.58.